The summed E-state index contributed by atoms with van der Waals surface area (Å²) in [5, 5.41) is 3.68. The number of carbonyl (C=O) groups excluding carboxylic acids is 1. The van der Waals surface area contributed by atoms with E-state index >= 15 is 0 Å². The first-order chi connectivity index (χ1) is 8.47. The van der Waals surface area contributed by atoms with Gasteiger partial charge in [0.25, 0.3) is 0 Å². The molecule has 98 valence electrons. The summed E-state index contributed by atoms with van der Waals surface area (Å²) in [6, 6.07) is 3.44. The van der Waals surface area contributed by atoms with Gasteiger partial charge in [0, 0.05) is 23.4 Å². The molecule has 1 saturated heterocycles. The van der Waals surface area contributed by atoms with Crippen LogP contribution in [0.5, 0.6) is 0 Å². The number of halogens is 1. The van der Waals surface area contributed by atoms with Crippen LogP contribution in [0.1, 0.15) is 4.88 Å². The van der Waals surface area contributed by atoms with Crippen LogP contribution in [0.15, 0.2) is 17.5 Å². The molecule has 2 rings (SSSR count). The van der Waals surface area contributed by atoms with Crippen molar-refractivity contribution >= 4 is 44.9 Å². The third kappa shape index (κ3) is 3.32. The van der Waals surface area contributed by atoms with E-state index in [-0.39, 0.29) is 12.5 Å². The minimum Gasteiger partial charge on any atom is -0.354 e. The second kappa shape index (κ2) is 5.40. The maximum absolute atomic E-state index is 11.9. The maximum Gasteiger partial charge on any atom is 0.236 e. The molecular weight excluding hydrogens is 296 g/mol. The minimum atomic E-state index is -3.55. The highest BCUT2D eigenvalue weighted by atomic mass is 35.5. The molecular formula is C10H11ClN2O3S2. The van der Waals surface area contributed by atoms with Crippen LogP contribution in [0.3, 0.4) is 0 Å². The second-order valence-corrected chi connectivity index (χ2v) is 7.24. The van der Waals surface area contributed by atoms with Crippen LogP contribution in [-0.2, 0) is 14.8 Å². The molecule has 1 aliphatic heterocycles. The van der Waals surface area contributed by atoms with E-state index in [9.17, 15) is 13.2 Å². The van der Waals surface area contributed by atoms with E-state index < -0.39 is 10.0 Å². The Labute approximate surface area is 114 Å². The highest BCUT2D eigenvalue weighted by Crippen LogP contribution is 2.23. The maximum atomic E-state index is 11.9. The number of thiophene rings is 1. The average Bonchev–Trinajstić information content (AvgIpc) is 2.73. The molecule has 1 fully saturated rings. The van der Waals surface area contributed by atoms with Gasteiger partial charge in [-0.2, -0.15) is 4.31 Å². The van der Waals surface area contributed by atoms with Crippen LogP contribution >= 0.6 is 22.9 Å². The van der Waals surface area contributed by atoms with Gasteiger partial charge in [-0.25, -0.2) is 8.42 Å². The van der Waals surface area contributed by atoms with Gasteiger partial charge in [-0.05, 0) is 18.2 Å². The van der Waals surface area contributed by atoms with Crippen molar-refractivity contribution in [2.45, 2.75) is 0 Å². The summed E-state index contributed by atoms with van der Waals surface area (Å²) >= 11 is 7.04. The van der Waals surface area contributed by atoms with Gasteiger partial charge in [0.15, 0.2) is 0 Å². The normalized spacial score (nSPS) is 18.2. The van der Waals surface area contributed by atoms with Gasteiger partial charge in [-0.1, -0.05) is 11.6 Å². The Hall–Kier alpha value is -0.890. The Bertz CT molecular complexity index is 580. The molecule has 2 heterocycles. The lowest BCUT2D eigenvalue weighted by atomic mass is 10.4. The number of nitrogens with one attached hydrogen (secondary N) is 1. The van der Waals surface area contributed by atoms with Crippen molar-refractivity contribution in [3.63, 3.8) is 0 Å². The van der Waals surface area contributed by atoms with Crippen molar-refractivity contribution in [3.8, 4) is 0 Å². The van der Waals surface area contributed by atoms with Crippen LogP contribution in [0.25, 0.3) is 6.08 Å². The van der Waals surface area contributed by atoms with Gasteiger partial charge in [-0.15, -0.1) is 11.3 Å². The lowest BCUT2D eigenvalue weighted by Gasteiger charge is -2.24. The molecule has 0 unspecified atom stereocenters. The Morgan fingerprint density at radius 1 is 1.44 bits per heavy atom. The summed E-state index contributed by atoms with van der Waals surface area (Å²) in [6.07, 6.45) is 1.48. The molecule has 0 radical (unpaired) electrons. The van der Waals surface area contributed by atoms with Crippen molar-refractivity contribution < 1.29 is 13.2 Å². The highest BCUT2D eigenvalue weighted by Gasteiger charge is 2.25. The summed E-state index contributed by atoms with van der Waals surface area (Å²) in [6.45, 7) is 0.512. The molecule has 5 nitrogen and oxygen atoms in total. The number of amides is 1. The summed E-state index contributed by atoms with van der Waals surface area (Å²) in [5.41, 5.74) is 0. The predicted molar refractivity (Wildman–Crippen MR) is 71.9 cm³/mol. The van der Waals surface area contributed by atoms with E-state index in [0.717, 1.165) is 14.6 Å². The molecule has 0 aliphatic carbocycles. The molecule has 1 N–H and O–H groups in total. The van der Waals surface area contributed by atoms with Gasteiger partial charge in [0.2, 0.25) is 15.9 Å². The van der Waals surface area contributed by atoms with Crippen LogP contribution in [-0.4, -0.2) is 38.3 Å². The van der Waals surface area contributed by atoms with Gasteiger partial charge < -0.3 is 5.32 Å². The first-order valence-corrected chi connectivity index (χ1v) is 7.87. The van der Waals surface area contributed by atoms with Crippen molar-refractivity contribution in [2.24, 2.45) is 0 Å². The van der Waals surface area contributed by atoms with Crippen molar-refractivity contribution in [1.29, 1.82) is 0 Å². The van der Waals surface area contributed by atoms with E-state index in [1.807, 2.05) is 0 Å². The van der Waals surface area contributed by atoms with Crippen molar-refractivity contribution in [3.05, 3.63) is 26.8 Å². The molecule has 0 bridgehead atoms. The first-order valence-electron chi connectivity index (χ1n) is 5.18. The highest BCUT2D eigenvalue weighted by molar-refractivity contribution is 7.92. The minimum absolute atomic E-state index is 0.127. The summed E-state index contributed by atoms with van der Waals surface area (Å²) in [5.74, 6) is -0.280. The fraction of sp³-hybridized carbons (Fsp3) is 0.300. The smallest absolute Gasteiger partial charge is 0.236 e. The Morgan fingerprint density at radius 3 is 2.83 bits per heavy atom. The summed E-state index contributed by atoms with van der Waals surface area (Å²) in [4.78, 5) is 11.9. The monoisotopic (exact) mass is 306 g/mol. The van der Waals surface area contributed by atoms with Gasteiger partial charge in [-0.3, -0.25) is 4.79 Å². The summed E-state index contributed by atoms with van der Waals surface area (Å²) in [7, 11) is -3.55. The van der Waals surface area contributed by atoms with E-state index in [1.54, 1.807) is 12.1 Å². The lowest BCUT2D eigenvalue weighted by Crippen LogP contribution is -2.49. The van der Waals surface area contributed by atoms with Crippen LogP contribution in [0, 0.1) is 0 Å². The Balaban J connectivity index is 2.11. The topological polar surface area (TPSA) is 66.5 Å². The molecule has 18 heavy (non-hydrogen) atoms. The average molecular weight is 307 g/mol. The van der Waals surface area contributed by atoms with Crippen LogP contribution < -0.4 is 5.32 Å². The Morgan fingerprint density at radius 2 is 2.22 bits per heavy atom. The third-order valence-electron chi connectivity index (χ3n) is 2.36. The standard InChI is InChI=1S/C10H11ClN2O3S2/c11-9-2-1-8(17-9)3-6-18(15,16)13-5-4-12-10(14)7-13/h1-3,6H,4-5,7H2,(H,12,14). The van der Waals surface area contributed by atoms with E-state index in [0.29, 0.717) is 17.4 Å². The number of nitrogens with zero attached hydrogens (tertiary/aromatic N) is 1. The molecule has 1 aromatic rings. The zero-order valence-corrected chi connectivity index (χ0v) is 11.7. The van der Waals surface area contributed by atoms with Gasteiger partial charge in [0.05, 0.1) is 10.9 Å². The van der Waals surface area contributed by atoms with E-state index in [1.165, 1.54) is 17.4 Å². The zero-order chi connectivity index (χ0) is 13.2. The number of carbonyl (C=O) groups is 1. The number of hydrogen-bond donors (Lipinski definition) is 1. The number of sulfonamides is 1. The SMILES string of the molecule is O=C1CN(S(=O)(=O)C=Cc2ccc(Cl)s2)CCN1. The molecule has 0 spiro atoms. The van der Waals surface area contributed by atoms with Gasteiger partial charge >= 0.3 is 0 Å². The van der Waals surface area contributed by atoms with Crippen molar-refractivity contribution in [2.75, 3.05) is 19.6 Å². The third-order valence-corrected chi connectivity index (χ3v) is 5.07. The molecule has 0 saturated carbocycles. The van der Waals surface area contributed by atoms with Gasteiger partial charge in [0.1, 0.15) is 0 Å². The molecule has 1 aliphatic rings. The van der Waals surface area contributed by atoms with Crippen LogP contribution in [0.4, 0.5) is 0 Å². The van der Waals surface area contributed by atoms with Crippen LogP contribution in [0.2, 0.25) is 4.34 Å². The Kier molecular flexibility index (Phi) is 4.06. The second-order valence-electron chi connectivity index (χ2n) is 3.67. The molecule has 1 aromatic heterocycles. The summed E-state index contributed by atoms with van der Waals surface area (Å²) < 4.78 is 25.6. The predicted octanol–water partition coefficient (Wildman–Crippen LogP) is 1.13. The molecule has 1 amide bonds. The largest absolute Gasteiger partial charge is 0.354 e. The van der Waals surface area contributed by atoms with E-state index in [2.05, 4.69) is 5.32 Å². The number of piperazine rings is 1. The lowest BCUT2D eigenvalue weighted by molar-refractivity contribution is -0.122. The quantitative estimate of drug-likeness (QED) is 0.910. The molecule has 0 aromatic carbocycles. The molecule has 0 atom stereocenters. The molecule has 8 heteroatoms. The van der Waals surface area contributed by atoms with E-state index in [4.69, 9.17) is 11.6 Å². The zero-order valence-electron chi connectivity index (χ0n) is 9.30. The first kappa shape index (κ1) is 13.5. The van der Waals surface area contributed by atoms with Crippen molar-refractivity contribution in [1.82, 2.24) is 9.62 Å². The number of hydrogen-bond acceptors (Lipinski definition) is 4. The fourth-order valence-corrected chi connectivity index (χ4v) is 3.67. The number of rotatable bonds is 3. The fourth-order valence-electron chi connectivity index (χ4n) is 1.49.